The van der Waals surface area contributed by atoms with Gasteiger partial charge in [-0.25, -0.2) is 0 Å². The number of rotatable bonds is 5. The molecule has 0 heterocycles. The Hall–Kier alpha value is 1.28. The van der Waals surface area contributed by atoms with Gasteiger partial charge in [-0.1, -0.05) is 27.7 Å². The van der Waals surface area contributed by atoms with E-state index in [9.17, 15) is 4.79 Å². The van der Waals surface area contributed by atoms with Crippen molar-refractivity contribution in [2.75, 3.05) is 13.1 Å². The van der Waals surface area contributed by atoms with Crippen LogP contribution in [0.4, 0.5) is 0 Å². The van der Waals surface area contributed by atoms with Gasteiger partial charge in [0.25, 0.3) is 0 Å². The zero-order valence-electron chi connectivity index (χ0n) is 8.92. The maximum absolute atomic E-state index is 10.4. The molecule has 0 aromatic rings. The molecule has 0 rings (SSSR count). The van der Waals surface area contributed by atoms with E-state index < -0.39 is 0 Å². The molecule has 0 unspecified atom stereocenters. The zero-order chi connectivity index (χ0) is 8.85. The third-order valence-electron chi connectivity index (χ3n) is 1.30. The largest absolute Gasteiger partial charge is 1.00 e. The number of hydrogen-bond donors (Lipinski definition) is 0. The predicted molar refractivity (Wildman–Crippen MR) is 46.9 cm³/mol. The number of carbonyl (C=O) groups excluding carboxylic acids is 1. The number of amides is 1. The van der Waals surface area contributed by atoms with Crippen LogP contribution in [0.3, 0.4) is 0 Å². The standard InChI is InChI=1S/C9H18NO.Rb/c1-8(2)5-10(7-11)6-9(3)4;/h8-9H,5-6H2,1-4H3;/q-1;+1. The van der Waals surface area contributed by atoms with Gasteiger partial charge in [-0.05, 0) is 24.9 Å². The molecule has 3 heteroatoms. The quantitative estimate of drug-likeness (QED) is 0.432. The van der Waals surface area contributed by atoms with Gasteiger partial charge in [-0.15, -0.1) is 0 Å². The Balaban J connectivity index is 0. The van der Waals surface area contributed by atoms with Crippen molar-refractivity contribution in [3.63, 3.8) is 0 Å². The second-order valence-corrected chi connectivity index (χ2v) is 3.78. The molecule has 0 aliphatic carbocycles. The molecule has 0 radical (unpaired) electrons. The van der Waals surface area contributed by atoms with E-state index >= 15 is 0 Å². The molecule has 0 saturated carbocycles. The fraction of sp³-hybridized carbons (Fsp3) is 0.889. The van der Waals surface area contributed by atoms with E-state index in [0.717, 1.165) is 13.1 Å². The van der Waals surface area contributed by atoms with E-state index in [1.165, 1.54) is 0 Å². The van der Waals surface area contributed by atoms with Gasteiger partial charge in [0.15, 0.2) is 0 Å². The minimum atomic E-state index is 0. The molecule has 0 N–H and O–H groups in total. The first kappa shape index (κ1) is 15.7. The van der Waals surface area contributed by atoms with Crippen LogP contribution >= 0.6 is 0 Å². The van der Waals surface area contributed by atoms with Crippen LogP contribution in [0.1, 0.15) is 27.7 Å². The first-order chi connectivity index (χ1) is 5.06. The van der Waals surface area contributed by atoms with Gasteiger partial charge in [0.05, 0.1) is 0 Å². The second-order valence-electron chi connectivity index (χ2n) is 3.78. The molecule has 2 nitrogen and oxygen atoms in total. The summed E-state index contributed by atoms with van der Waals surface area (Å²) < 4.78 is 0. The van der Waals surface area contributed by atoms with Crippen LogP contribution in [-0.4, -0.2) is 24.4 Å². The van der Waals surface area contributed by atoms with Crippen molar-refractivity contribution in [1.29, 1.82) is 0 Å². The molecular weight excluding hydrogens is 224 g/mol. The summed E-state index contributed by atoms with van der Waals surface area (Å²) in [7, 11) is 0. The van der Waals surface area contributed by atoms with Crippen LogP contribution in [0.5, 0.6) is 0 Å². The average Bonchev–Trinajstić information content (AvgIpc) is 1.84. The summed E-state index contributed by atoms with van der Waals surface area (Å²) in [5, 5.41) is 0. The topological polar surface area (TPSA) is 20.3 Å². The normalized spacial score (nSPS) is 9.83. The molecule has 66 valence electrons. The van der Waals surface area contributed by atoms with Crippen LogP contribution in [-0.2, 0) is 4.79 Å². The van der Waals surface area contributed by atoms with Crippen molar-refractivity contribution >= 4 is 6.41 Å². The SMILES string of the molecule is CC(C)CN([C-]=O)CC(C)C.[Rb+]. The van der Waals surface area contributed by atoms with Crippen molar-refractivity contribution < 1.29 is 63.0 Å². The van der Waals surface area contributed by atoms with Gasteiger partial charge in [0, 0.05) is 0 Å². The third-order valence-corrected chi connectivity index (χ3v) is 1.30. The van der Waals surface area contributed by atoms with Crippen molar-refractivity contribution in [3.05, 3.63) is 0 Å². The predicted octanol–water partition coefficient (Wildman–Crippen LogP) is -1.33. The summed E-state index contributed by atoms with van der Waals surface area (Å²) >= 11 is 0. The van der Waals surface area contributed by atoms with Gasteiger partial charge in [0.1, 0.15) is 0 Å². The van der Waals surface area contributed by atoms with Gasteiger partial charge in [-0.3, -0.25) is 0 Å². The second kappa shape index (κ2) is 8.86. The summed E-state index contributed by atoms with van der Waals surface area (Å²) in [4.78, 5) is 12.1. The molecule has 0 aromatic carbocycles. The zero-order valence-corrected chi connectivity index (χ0v) is 13.8. The maximum Gasteiger partial charge on any atom is 1.00 e. The Bertz CT molecular complexity index is 105. The Labute approximate surface area is 125 Å². The van der Waals surface area contributed by atoms with Crippen LogP contribution in [0.15, 0.2) is 0 Å². The smallest absolute Gasteiger partial charge is 0.520 e. The van der Waals surface area contributed by atoms with E-state index in [2.05, 4.69) is 27.7 Å². The van der Waals surface area contributed by atoms with Gasteiger partial charge >= 0.3 is 58.2 Å². The van der Waals surface area contributed by atoms with E-state index in [-0.39, 0.29) is 58.2 Å². The van der Waals surface area contributed by atoms with Gasteiger partial charge < -0.3 is 9.69 Å². The van der Waals surface area contributed by atoms with Crippen molar-refractivity contribution in [2.45, 2.75) is 27.7 Å². The molecule has 12 heavy (non-hydrogen) atoms. The van der Waals surface area contributed by atoms with Crippen LogP contribution in [0.2, 0.25) is 0 Å². The van der Waals surface area contributed by atoms with Crippen LogP contribution < -0.4 is 58.2 Å². The molecular formula is C9H18NORb. The minimum Gasteiger partial charge on any atom is -0.520 e. The molecule has 0 aliphatic rings. The summed E-state index contributed by atoms with van der Waals surface area (Å²) in [5.74, 6) is 1.07. The van der Waals surface area contributed by atoms with Crippen LogP contribution in [0, 0.1) is 11.8 Å². The summed E-state index contributed by atoms with van der Waals surface area (Å²) in [6.45, 7) is 10.0. The fourth-order valence-corrected chi connectivity index (χ4v) is 1.03. The number of nitrogens with zero attached hydrogens (tertiary/aromatic N) is 1. The van der Waals surface area contributed by atoms with Crippen molar-refractivity contribution in [3.8, 4) is 0 Å². The summed E-state index contributed by atoms with van der Waals surface area (Å²) in [6, 6.07) is 0. The van der Waals surface area contributed by atoms with E-state index in [0.29, 0.717) is 11.8 Å². The molecule has 0 aliphatic heterocycles. The van der Waals surface area contributed by atoms with Crippen LogP contribution in [0.25, 0.3) is 0 Å². The van der Waals surface area contributed by atoms with Gasteiger partial charge in [0.2, 0.25) is 0 Å². The average molecular weight is 242 g/mol. The monoisotopic (exact) mass is 241 g/mol. The van der Waals surface area contributed by atoms with Gasteiger partial charge in [-0.2, -0.15) is 6.41 Å². The third kappa shape index (κ3) is 9.36. The molecule has 0 bridgehead atoms. The van der Waals surface area contributed by atoms with E-state index in [1.54, 1.807) is 4.90 Å². The first-order valence-electron chi connectivity index (χ1n) is 4.19. The number of hydrogen-bond acceptors (Lipinski definition) is 1. The summed E-state index contributed by atoms with van der Waals surface area (Å²) in [6.07, 6.45) is 1.95. The molecule has 0 fully saturated rings. The van der Waals surface area contributed by atoms with E-state index in [4.69, 9.17) is 0 Å². The Kier molecular flexibility index (Phi) is 11.6. The molecule has 0 saturated heterocycles. The summed E-state index contributed by atoms with van der Waals surface area (Å²) in [5.41, 5.74) is 0. The van der Waals surface area contributed by atoms with Crippen molar-refractivity contribution in [2.24, 2.45) is 11.8 Å². The fourth-order valence-electron chi connectivity index (χ4n) is 1.03. The Morgan fingerprint density at radius 1 is 1.08 bits per heavy atom. The van der Waals surface area contributed by atoms with E-state index in [1.807, 2.05) is 6.41 Å². The first-order valence-corrected chi connectivity index (χ1v) is 4.19. The molecule has 0 aromatic heterocycles. The molecule has 1 amide bonds. The molecule has 0 atom stereocenters. The van der Waals surface area contributed by atoms with Crippen molar-refractivity contribution in [1.82, 2.24) is 4.90 Å². The minimum absolute atomic E-state index is 0. The maximum atomic E-state index is 10.4. The Morgan fingerprint density at radius 3 is 1.58 bits per heavy atom. The Morgan fingerprint density at radius 2 is 1.42 bits per heavy atom. The molecule has 0 spiro atoms.